The van der Waals surface area contributed by atoms with Crippen LogP contribution >= 0.6 is 0 Å². The van der Waals surface area contributed by atoms with E-state index < -0.39 is 17.8 Å². The van der Waals surface area contributed by atoms with Crippen molar-refractivity contribution in [2.45, 2.75) is 13.8 Å². The van der Waals surface area contributed by atoms with Crippen LogP contribution in [-0.2, 0) is 19.1 Å². The molecule has 0 unspecified atom stereocenters. The van der Waals surface area contributed by atoms with Crippen molar-refractivity contribution >= 4 is 17.8 Å². The summed E-state index contributed by atoms with van der Waals surface area (Å²) >= 11 is 0. The van der Waals surface area contributed by atoms with E-state index in [9.17, 15) is 14.4 Å². The third-order valence-electron chi connectivity index (χ3n) is 1.55. The minimum Gasteiger partial charge on any atom is -0.421 e. The molecule has 0 bridgehead atoms. The van der Waals surface area contributed by atoms with Crippen molar-refractivity contribution in [3.63, 3.8) is 0 Å². The first-order chi connectivity index (χ1) is 6.06. The van der Waals surface area contributed by atoms with Crippen LogP contribution in [0.5, 0.6) is 0 Å². The smallest absolute Gasteiger partial charge is 0.308 e. The van der Waals surface area contributed by atoms with Crippen LogP contribution < -0.4 is 0 Å². The lowest BCUT2D eigenvalue weighted by atomic mass is 10.5. The Hall–Kier alpha value is -1.65. The molecule has 0 saturated carbocycles. The summed E-state index contributed by atoms with van der Waals surface area (Å²) in [5.41, 5.74) is 0. The Labute approximate surface area is 75.0 Å². The molecule has 0 saturated heterocycles. The summed E-state index contributed by atoms with van der Waals surface area (Å²) in [6.07, 6.45) is 1.02. The molecule has 0 aromatic carbocycles. The van der Waals surface area contributed by atoms with Gasteiger partial charge in [0.2, 0.25) is 5.76 Å². The average molecular weight is 183 g/mol. The quantitative estimate of drug-likeness (QED) is 0.440. The molecular weight excluding hydrogens is 174 g/mol. The molecule has 70 valence electrons. The van der Waals surface area contributed by atoms with Crippen molar-refractivity contribution in [2.75, 3.05) is 6.54 Å². The molecule has 0 N–H and O–H groups in total. The zero-order valence-electron chi connectivity index (χ0n) is 7.36. The number of nitrogens with zero attached hydrogens (tertiary/aromatic N) is 1. The van der Waals surface area contributed by atoms with Crippen LogP contribution in [0, 0.1) is 0 Å². The Balaban J connectivity index is 2.79. The van der Waals surface area contributed by atoms with Gasteiger partial charge in [-0.1, -0.05) is 0 Å². The van der Waals surface area contributed by atoms with Gasteiger partial charge in [-0.3, -0.25) is 19.3 Å². The van der Waals surface area contributed by atoms with Crippen molar-refractivity contribution in [2.24, 2.45) is 0 Å². The summed E-state index contributed by atoms with van der Waals surface area (Å²) in [5, 5.41) is 0. The zero-order valence-corrected chi connectivity index (χ0v) is 7.36. The normalized spacial score (nSPS) is 16.2. The maximum atomic E-state index is 11.2. The van der Waals surface area contributed by atoms with Gasteiger partial charge in [0.25, 0.3) is 11.8 Å². The fourth-order valence-corrected chi connectivity index (χ4v) is 1.01. The number of rotatable bonds is 2. The van der Waals surface area contributed by atoms with E-state index in [1.54, 1.807) is 6.92 Å². The number of amides is 2. The largest absolute Gasteiger partial charge is 0.421 e. The molecule has 5 nitrogen and oxygen atoms in total. The lowest BCUT2D eigenvalue weighted by Gasteiger charge is -2.10. The topological polar surface area (TPSA) is 63.7 Å². The van der Waals surface area contributed by atoms with Crippen LogP contribution in [0.1, 0.15) is 13.8 Å². The van der Waals surface area contributed by atoms with Crippen LogP contribution in [0.15, 0.2) is 11.8 Å². The standard InChI is InChI=1S/C8H9NO4/c1-3-9-7(11)4-6(8(9)12)13-5(2)10/h4H,3H2,1-2H3. The molecule has 13 heavy (non-hydrogen) atoms. The highest BCUT2D eigenvalue weighted by atomic mass is 16.5. The number of hydrogen-bond acceptors (Lipinski definition) is 4. The Kier molecular flexibility index (Phi) is 2.46. The molecular formula is C8H9NO4. The molecule has 0 radical (unpaired) electrons. The summed E-state index contributed by atoms with van der Waals surface area (Å²) in [7, 11) is 0. The maximum Gasteiger partial charge on any atom is 0.308 e. The number of imide groups is 1. The fourth-order valence-electron chi connectivity index (χ4n) is 1.01. The minimum atomic E-state index is -0.606. The van der Waals surface area contributed by atoms with E-state index in [0.717, 1.165) is 11.0 Å². The lowest BCUT2D eigenvalue weighted by Crippen LogP contribution is -2.31. The number of hydrogen-bond donors (Lipinski definition) is 0. The second-order valence-corrected chi connectivity index (χ2v) is 2.49. The van der Waals surface area contributed by atoms with Gasteiger partial charge >= 0.3 is 5.97 Å². The Bertz CT molecular complexity index is 305. The van der Waals surface area contributed by atoms with Gasteiger partial charge < -0.3 is 4.74 Å². The molecule has 0 spiro atoms. The molecule has 0 fully saturated rings. The van der Waals surface area contributed by atoms with E-state index in [1.807, 2.05) is 0 Å². The van der Waals surface area contributed by atoms with Crippen LogP contribution in [0.25, 0.3) is 0 Å². The van der Waals surface area contributed by atoms with E-state index in [4.69, 9.17) is 0 Å². The van der Waals surface area contributed by atoms with Gasteiger partial charge in [0.15, 0.2) is 0 Å². The number of carbonyl (C=O) groups excluding carboxylic acids is 3. The Morgan fingerprint density at radius 2 is 2.15 bits per heavy atom. The predicted octanol–water partition coefficient (Wildman–Crippen LogP) is -0.178. The summed E-state index contributed by atoms with van der Waals surface area (Å²) in [6.45, 7) is 3.12. The third kappa shape index (κ3) is 1.74. The number of ether oxygens (including phenoxy) is 1. The Morgan fingerprint density at radius 1 is 1.54 bits per heavy atom. The van der Waals surface area contributed by atoms with Crippen molar-refractivity contribution in [3.8, 4) is 0 Å². The molecule has 1 rings (SSSR count). The van der Waals surface area contributed by atoms with Gasteiger partial charge in [0, 0.05) is 13.5 Å². The molecule has 1 heterocycles. The van der Waals surface area contributed by atoms with E-state index in [1.165, 1.54) is 6.92 Å². The zero-order chi connectivity index (χ0) is 10.0. The first-order valence-electron chi connectivity index (χ1n) is 3.82. The van der Waals surface area contributed by atoms with E-state index >= 15 is 0 Å². The van der Waals surface area contributed by atoms with Gasteiger partial charge in [-0.05, 0) is 6.92 Å². The molecule has 2 amide bonds. The highest BCUT2D eigenvalue weighted by molar-refractivity contribution is 6.15. The number of carbonyl (C=O) groups is 3. The summed E-state index contributed by atoms with van der Waals surface area (Å²) in [4.78, 5) is 33.8. The van der Waals surface area contributed by atoms with Gasteiger partial charge in [0.1, 0.15) is 0 Å². The molecule has 0 atom stereocenters. The average Bonchev–Trinajstić information content (AvgIpc) is 2.26. The van der Waals surface area contributed by atoms with Crippen molar-refractivity contribution in [1.29, 1.82) is 0 Å². The van der Waals surface area contributed by atoms with Crippen LogP contribution in [0.2, 0.25) is 0 Å². The van der Waals surface area contributed by atoms with Gasteiger partial charge in [0.05, 0.1) is 6.08 Å². The highest BCUT2D eigenvalue weighted by Crippen LogP contribution is 2.13. The number of esters is 1. The second kappa shape index (κ2) is 3.38. The van der Waals surface area contributed by atoms with Crippen molar-refractivity contribution in [3.05, 3.63) is 11.8 Å². The van der Waals surface area contributed by atoms with Gasteiger partial charge in [-0.15, -0.1) is 0 Å². The lowest BCUT2D eigenvalue weighted by molar-refractivity contribution is -0.145. The summed E-state index contributed by atoms with van der Waals surface area (Å²) < 4.78 is 4.54. The van der Waals surface area contributed by atoms with Crippen LogP contribution in [0.4, 0.5) is 0 Å². The van der Waals surface area contributed by atoms with E-state index in [-0.39, 0.29) is 12.3 Å². The van der Waals surface area contributed by atoms with Crippen molar-refractivity contribution in [1.82, 2.24) is 4.90 Å². The van der Waals surface area contributed by atoms with E-state index in [2.05, 4.69) is 4.74 Å². The van der Waals surface area contributed by atoms with E-state index in [0.29, 0.717) is 0 Å². The fraction of sp³-hybridized carbons (Fsp3) is 0.375. The van der Waals surface area contributed by atoms with Crippen molar-refractivity contribution < 1.29 is 19.1 Å². The molecule has 0 aromatic heterocycles. The molecule has 1 aliphatic rings. The minimum absolute atomic E-state index is 0.195. The predicted molar refractivity (Wildman–Crippen MR) is 42.2 cm³/mol. The first kappa shape index (κ1) is 9.44. The third-order valence-corrected chi connectivity index (χ3v) is 1.55. The second-order valence-electron chi connectivity index (χ2n) is 2.49. The monoisotopic (exact) mass is 183 g/mol. The Morgan fingerprint density at radius 3 is 2.54 bits per heavy atom. The molecule has 1 aliphatic heterocycles. The summed E-state index contributed by atoms with van der Waals surface area (Å²) in [6, 6.07) is 0. The molecule has 0 aromatic rings. The van der Waals surface area contributed by atoms with Gasteiger partial charge in [-0.2, -0.15) is 0 Å². The number of likely N-dealkylation sites (N-methyl/N-ethyl adjacent to an activating group) is 1. The molecule has 5 heteroatoms. The summed E-state index contributed by atoms with van der Waals surface area (Å²) in [5.74, 6) is -1.80. The first-order valence-corrected chi connectivity index (χ1v) is 3.82. The van der Waals surface area contributed by atoms with Crippen LogP contribution in [-0.4, -0.2) is 29.2 Å². The van der Waals surface area contributed by atoms with Crippen LogP contribution in [0.3, 0.4) is 0 Å². The SMILES string of the molecule is CCN1C(=O)C=C(OC(C)=O)C1=O. The maximum absolute atomic E-state index is 11.2. The van der Waals surface area contributed by atoms with Gasteiger partial charge in [-0.25, -0.2) is 0 Å². The molecule has 0 aliphatic carbocycles. The highest BCUT2D eigenvalue weighted by Gasteiger charge is 2.31.